The van der Waals surface area contributed by atoms with Gasteiger partial charge in [-0.1, -0.05) is 0 Å². The predicted octanol–water partition coefficient (Wildman–Crippen LogP) is 0.237. The van der Waals surface area contributed by atoms with Crippen LogP contribution in [-0.2, 0) is 15.0 Å². The van der Waals surface area contributed by atoms with E-state index in [0.29, 0.717) is 11.3 Å². The van der Waals surface area contributed by atoms with E-state index in [-0.39, 0.29) is 16.5 Å². The van der Waals surface area contributed by atoms with Gasteiger partial charge in [-0.15, -0.1) is 0 Å². The van der Waals surface area contributed by atoms with Gasteiger partial charge < -0.3 is 5.11 Å². The van der Waals surface area contributed by atoms with Gasteiger partial charge in [0, 0.05) is 0 Å². The van der Waals surface area contributed by atoms with Gasteiger partial charge in [-0.3, -0.25) is 0 Å². The molecule has 0 saturated carbocycles. The molecule has 1 atom stereocenters. The normalized spacial score (nSPS) is 12.9. The van der Waals surface area contributed by atoms with Gasteiger partial charge in [-0.2, -0.15) is 0 Å². The summed E-state index contributed by atoms with van der Waals surface area (Å²) < 4.78 is 29.2. The van der Waals surface area contributed by atoms with E-state index in [1.165, 1.54) is 36.4 Å². The molecule has 0 saturated heterocycles. The molecule has 0 aromatic heterocycles. The third kappa shape index (κ3) is 5.75. The molecule has 9 nitrogen and oxygen atoms in total. The monoisotopic (exact) mass is 409 g/mol. The van der Waals surface area contributed by atoms with E-state index in [4.69, 9.17) is 8.19 Å². The summed E-state index contributed by atoms with van der Waals surface area (Å²) in [5, 5.41) is 25.8. The Hall–Kier alpha value is -2.61. The Morgan fingerprint density at radius 2 is 1.68 bits per heavy atom. The first-order valence-corrected chi connectivity index (χ1v) is 10.5. The number of aromatic hydroxyl groups is 1. The Labute approximate surface area is 145 Å². The number of rotatable bonds is 7. The van der Waals surface area contributed by atoms with E-state index in [1.54, 1.807) is 12.1 Å². The summed E-state index contributed by atoms with van der Waals surface area (Å²) >= 11 is -4.94. The van der Waals surface area contributed by atoms with Crippen molar-refractivity contribution in [2.24, 2.45) is 10.3 Å². The van der Waals surface area contributed by atoms with Crippen LogP contribution in [0, 0.1) is 0 Å². The summed E-state index contributed by atoms with van der Waals surface area (Å²) in [6.07, 6.45) is 0.133. The van der Waals surface area contributed by atoms with Crippen molar-refractivity contribution in [3.05, 3.63) is 54.1 Å². The Morgan fingerprint density at radius 3 is 2.20 bits per heavy atom. The summed E-state index contributed by atoms with van der Waals surface area (Å²) in [5.74, 6) is -1.03. The van der Waals surface area contributed by atoms with E-state index in [9.17, 15) is 18.7 Å². The molecule has 2 rings (SSSR count). The third-order valence-corrected chi connectivity index (χ3v) is 5.28. The maximum absolute atomic E-state index is 11.3. The fraction of sp³-hybridized carbons (Fsp3) is 0.133. The van der Waals surface area contributed by atoms with Gasteiger partial charge in [0.1, 0.15) is 5.75 Å². The number of nitrogens with one attached hydrogen (secondary N) is 1. The molecule has 25 heavy (non-hydrogen) atoms. The number of carboxylic acid groups (broad SMARTS) is 1. The Kier molecular flexibility index (Phi) is 5.97. The minimum atomic E-state index is -4.94. The molecule has 10 heteroatoms. The van der Waals surface area contributed by atoms with Crippen molar-refractivity contribution < 1.29 is 26.9 Å². The molecule has 0 aliphatic carbocycles. The number of hydrogen-bond donors (Lipinski definition) is 5. The molecule has 0 bridgehead atoms. The molecule has 0 aliphatic heterocycles. The van der Waals surface area contributed by atoms with E-state index in [0.717, 1.165) is 0 Å². The molecule has 5 N–H and O–H groups in total. The first-order valence-electron chi connectivity index (χ1n) is 7.09. The number of carbonyl (C=O) groups is 1. The molecule has 0 amide bonds. The molecule has 2 aromatic rings. The van der Waals surface area contributed by atoms with Crippen LogP contribution >= 0.6 is 0 Å². The molecule has 2 aromatic carbocycles. The fourth-order valence-electron chi connectivity index (χ4n) is 1.93. The third-order valence-electron chi connectivity index (χ3n) is 3.24. The first kappa shape index (κ1) is 18.7. The molecular formula is C15H16AsN3O6. The van der Waals surface area contributed by atoms with Crippen LogP contribution in [0.15, 0.2) is 58.9 Å². The van der Waals surface area contributed by atoms with Crippen LogP contribution in [0.3, 0.4) is 0 Å². The first-order chi connectivity index (χ1) is 11.8. The SMILES string of the molecule is O=C(O)[C@H](Cc1ccc(O)cc1)NN=Nc1ccc([As](=O)(O)O)cc1. The molecule has 0 radical (unpaired) electrons. The van der Waals surface area contributed by atoms with Gasteiger partial charge in [0.2, 0.25) is 0 Å². The number of phenols is 1. The summed E-state index contributed by atoms with van der Waals surface area (Å²) in [5.41, 5.74) is 3.43. The summed E-state index contributed by atoms with van der Waals surface area (Å²) in [6, 6.07) is 10.3. The van der Waals surface area contributed by atoms with Gasteiger partial charge in [-0.05, 0) is 0 Å². The van der Waals surface area contributed by atoms with E-state index < -0.39 is 26.2 Å². The Bertz CT molecular complexity index is 801. The molecule has 0 fully saturated rings. The van der Waals surface area contributed by atoms with Crippen LogP contribution in [0.4, 0.5) is 5.69 Å². The quantitative estimate of drug-likeness (QED) is 0.250. The molecule has 0 unspecified atom stereocenters. The number of carboxylic acids is 1. The van der Waals surface area contributed by atoms with Crippen LogP contribution in [0.5, 0.6) is 5.75 Å². The van der Waals surface area contributed by atoms with Gasteiger partial charge in [0.05, 0.1) is 0 Å². The van der Waals surface area contributed by atoms with Crippen molar-refractivity contribution >= 4 is 30.2 Å². The zero-order valence-electron chi connectivity index (χ0n) is 12.9. The standard InChI is InChI=1S/C15H16AsN3O6/c20-13-7-1-10(2-8-13)9-14(15(21)22)18-19-17-12-5-3-11(4-6-12)16(23,24)25/h1-8,14,20H,9H2,(H,17,18)(H,21,22)(H2,23,24,25)/t14-/m0/s1. The number of benzene rings is 2. The zero-order chi connectivity index (χ0) is 18.4. The molecule has 0 aliphatic rings. The van der Waals surface area contributed by atoms with Crippen molar-refractivity contribution in [1.29, 1.82) is 0 Å². The van der Waals surface area contributed by atoms with Gasteiger partial charge in [0.15, 0.2) is 0 Å². The van der Waals surface area contributed by atoms with E-state index in [2.05, 4.69) is 15.8 Å². The van der Waals surface area contributed by atoms with Crippen molar-refractivity contribution in [2.45, 2.75) is 12.5 Å². The van der Waals surface area contributed by atoms with E-state index in [1.807, 2.05) is 0 Å². The zero-order valence-corrected chi connectivity index (χ0v) is 14.7. The van der Waals surface area contributed by atoms with Crippen molar-refractivity contribution in [3.8, 4) is 5.75 Å². The summed E-state index contributed by atoms with van der Waals surface area (Å²) in [6.45, 7) is 0. The minimum absolute atomic E-state index is 0.0826. The average Bonchev–Trinajstić information content (AvgIpc) is 2.55. The van der Waals surface area contributed by atoms with Crippen LogP contribution in [0.2, 0.25) is 0 Å². The molecule has 132 valence electrons. The molecule has 0 heterocycles. The van der Waals surface area contributed by atoms with Crippen LogP contribution in [-0.4, -0.2) is 44.6 Å². The van der Waals surface area contributed by atoms with Crippen molar-refractivity contribution in [3.63, 3.8) is 0 Å². The van der Waals surface area contributed by atoms with Gasteiger partial charge >= 0.3 is 134 Å². The van der Waals surface area contributed by atoms with Crippen LogP contribution < -0.4 is 9.78 Å². The Morgan fingerprint density at radius 1 is 1.08 bits per heavy atom. The second kappa shape index (κ2) is 7.98. The number of hydrogen-bond acceptors (Lipinski definition) is 5. The molecule has 0 spiro atoms. The van der Waals surface area contributed by atoms with Crippen LogP contribution in [0.1, 0.15) is 5.56 Å². The number of aliphatic carboxylic acids is 1. The van der Waals surface area contributed by atoms with Gasteiger partial charge in [0.25, 0.3) is 0 Å². The number of phenolic OH excluding ortho intramolecular Hbond substituents is 1. The summed E-state index contributed by atoms with van der Waals surface area (Å²) in [7, 11) is 0. The van der Waals surface area contributed by atoms with Crippen LogP contribution in [0.25, 0.3) is 0 Å². The molecular weight excluding hydrogens is 393 g/mol. The second-order valence-corrected chi connectivity index (χ2v) is 8.52. The summed E-state index contributed by atoms with van der Waals surface area (Å²) in [4.78, 5) is 11.3. The Balaban J connectivity index is 2.00. The maximum atomic E-state index is 11.3. The second-order valence-electron chi connectivity index (χ2n) is 5.15. The fourth-order valence-corrected chi connectivity index (χ4v) is 3.05. The predicted molar refractivity (Wildman–Crippen MR) is 87.8 cm³/mol. The van der Waals surface area contributed by atoms with Crippen molar-refractivity contribution in [1.82, 2.24) is 5.43 Å². The topological polar surface area (TPSA) is 152 Å². The number of nitrogens with zero attached hydrogens (tertiary/aromatic N) is 2. The average molecular weight is 409 g/mol. The van der Waals surface area contributed by atoms with Crippen molar-refractivity contribution in [2.75, 3.05) is 0 Å². The van der Waals surface area contributed by atoms with Gasteiger partial charge in [-0.25, -0.2) is 0 Å². The van der Waals surface area contributed by atoms with E-state index >= 15 is 0 Å².